The van der Waals surface area contributed by atoms with Gasteiger partial charge in [-0.15, -0.1) is 0 Å². The fraction of sp³-hybridized carbons (Fsp3) is 0.421. The van der Waals surface area contributed by atoms with E-state index in [9.17, 15) is 13.2 Å². The first kappa shape index (κ1) is 21.6. The van der Waals surface area contributed by atoms with Crippen molar-refractivity contribution in [3.63, 3.8) is 0 Å². The molecule has 1 aromatic carbocycles. The molecule has 2 rings (SSSR count). The molecule has 1 heterocycles. The highest BCUT2D eigenvalue weighted by Gasteiger charge is 2.24. The van der Waals surface area contributed by atoms with Crippen molar-refractivity contribution >= 4 is 27.3 Å². The quantitative estimate of drug-likeness (QED) is 0.643. The number of nitrogens with one attached hydrogen (secondary N) is 1. The maximum absolute atomic E-state index is 12.9. The van der Waals surface area contributed by atoms with Crippen LogP contribution in [0.4, 0.5) is 0 Å². The van der Waals surface area contributed by atoms with Crippen molar-refractivity contribution in [1.29, 1.82) is 0 Å². The lowest BCUT2D eigenvalue weighted by Crippen LogP contribution is -2.38. The van der Waals surface area contributed by atoms with E-state index in [0.717, 1.165) is 18.7 Å². The maximum atomic E-state index is 12.9. The molecule has 0 saturated carbocycles. The van der Waals surface area contributed by atoms with E-state index in [2.05, 4.69) is 23.5 Å². The molecule has 6 nitrogen and oxygen atoms in total. The molecule has 0 bridgehead atoms. The Morgan fingerprint density at radius 2 is 1.96 bits per heavy atom. The molecule has 27 heavy (non-hydrogen) atoms. The van der Waals surface area contributed by atoms with E-state index < -0.39 is 16.0 Å². The molecule has 1 N–H and O–H groups in total. The van der Waals surface area contributed by atoms with Crippen molar-refractivity contribution in [1.82, 2.24) is 9.62 Å². The van der Waals surface area contributed by atoms with Gasteiger partial charge in [0.15, 0.2) is 0 Å². The minimum atomic E-state index is -3.77. The standard InChI is InChI=1S/C19H26N2O4S2/c1-5-21(6-2)17(16-9-10-26-13-16)12-20-27(23,24)18-11-15(19(22)25-4)8-7-14(18)3/h7-11,13,17,20H,5-6,12H2,1-4H3. The van der Waals surface area contributed by atoms with Gasteiger partial charge in [0.25, 0.3) is 0 Å². The second kappa shape index (κ2) is 9.45. The van der Waals surface area contributed by atoms with Crippen LogP contribution in [-0.2, 0) is 14.8 Å². The number of rotatable bonds is 9. The van der Waals surface area contributed by atoms with Crippen LogP contribution in [0.3, 0.4) is 0 Å². The molecule has 1 unspecified atom stereocenters. The van der Waals surface area contributed by atoms with Gasteiger partial charge in [-0.2, -0.15) is 11.3 Å². The van der Waals surface area contributed by atoms with E-state index in [1.54, 1.807) is 30.4 Å². The Balaban J connectivity index is 2.28. The molecule has 1 aromatic heterocycles. The summed E-state index contributed by atoms with van der Waals surface area (Å²) in [5, 5.41) is 4.03. The fourth-order valence-corrected chi connectivity index (χ4v) is 5.00. The van der Waals surface area contributed by atoms with Gasteiger partial charge in [0, 0.05) is 12.6 Å². The molecule has 1 atom stereocenters. The number of hydrogen-bond donors (Lipinski definition) is 1. The van der Waals surface area contributed by atoms with E-state index in [-0.39, 0.29) is 23.0 Å². The average Bonchev–Trinajstić information content (AvgIpc) is 3.19. The number of benzene rings is 1. The van der Waals surface area contributed by atoms with Crippen molar-refractivity contribution in [2.45, 2.75) is 31.7 Å². The first-order valence-electron chi connectivity index (χ1n) is 8.78. The summed E-state index contributed by atoms with van der Waals surface area (Å²) >= 11 is 1.59. The normalized spacial score (nSPS) is 12.9. The van der Waals surface area contributed by atoms with Gasteiger partial charge in [0.1, 0.15) is 0 Å². The Kier molecular flexibility index (Phi) is 7.55. The fourth-order valence-electron chi connectivity index (χ4n) is 2.99. The van der Waals surface area contributed by atoms with Crippen LogP contribution in [0.15, 0.2) is 39.9 Å². The largest absolute Gasteiger partial charge is 0.465 e. The lowest BCUT2D eigenvalue weighted by atomic mass is 10.1. The summed E-state index contributed by atoms with van der Waals surface area (Å²) in [7, 11) is -2.50. The summed E-state index contributed by atoms with van der Waals surface area (Å²) in [6.45, 7) is 7.70. The second-order valence-corrected chi connectivity index (χ2v) is 8.63. The van der Waals surface area contributed by atoms with E-state index >= 15 is 0 Å². The van der Waals surface area contributed by atoms with Crippen LogP contribution in [0.1, 0.15) is 41.4 Å². The van der Waals surface area contributed by atoms with Crippen LogP contribution >= 0.6 is 11.3 Å². The van der Waals surface area contributed by atoms with Crippen molar-refractivity contribution < 1.29 is 17.9 Å². The Bertz CT molecular complexity index is 860. The predicted molar refractivity (Wildman–Crippen MR) is 108 cm³/mol. The van der Waals surface area contributed by atoms with E-state index in [0.29, 0.717) is 5.56 Å². The smallest absolute Gasteiger partial charge is 0.337 e. The van der Waals surface area contributed by atoms with Gasteiger partial charge in [0.2, 0.25) is 10.0 Å². The number of thiophene rings is 1. The zero-order valence-electron chi connectivity index (χ0n) is 16.1. The molecule has 0 aliphatic heterocycles. The maximum Gasteiger partial charge on any atom is 0.337 e. The van der Waals surface area contributed by atoms with Gasteiger partial charge in [0.05, 0.1) is 17.6 Å². The number of likely N-dealkylation sites (N-methyl/N-ethyl adjacent to an activating group) is 1. The molecule has 0 fully saturated rings. The third-order valence-corrected chi connectivity index (χ3v) is 6.81. The van der Waals surface area contributed by atoms with Gasteiger partial charge in [-0.3, -0.25) is 4.90 Å². The summed E-state index contributed by atoms with van der Waals surface area (Å²) < 4.78 is 33.2. The van der Waals surface area contributed by atoms with Crippen molar-refractivity contribution in [3.8, 4) is 0 Å². The molecular weight excluding hydrogens is 384 g/mol. The Morgan fingerprint density at radius 3 is 2.52 bits per heavy atom. The summed E-state index contributed by atoms with van der Waals surface area (Å²) in [6.07, 6.45) is 0. The highest BCUT2D eigenvalue weighted by atomic mass is 32.2. The summed E-state index contributed by atoms with van der Waals surface area (Å²) in [5.74, 6) is -0.564. The summed E-state index contributed by atoms with van der Waals surface area (Å²) in [4.78, 5) is 14.1. The third-order valence-electron chi connectivity index (χ3n) is 4.55. The molecule has 0 saturated heterocycles. The van der Waals surface area contributed by atoms with E-state index in [1.165, 1.54) is 13.2 Å². The van der Waals surface area contributed by atoms with Crippen LogP contribution in [0, 0.1) is 6.92 Å². The third kappa shape index (κ3) is 5.16. The van der Waals surface area contributed by atoms with Crippen LogP contribution in [0.5, 0.6) is 0 Å². The Morgan fingerprint density at radius 1 is 1.26 bits per heavy atom. The summed E-state index contributed by atoms with van der Waals surface area (Å²) in [5.41, 5.74) is 1.87. The number of ether oxygens (including phenoxy) is 1. The molecule has 0 radical (unpaired) electrons. The monoisotopic (exact) mass is 410 g/mol. The molecule has 0 aliphatic rings. The van der Waals surface area contributed by atoms with Crippen LogP contribution in [0.25, 0.3) is 0 Å². The van der Waals surface area contributed by atoms with E-state index in [1.807, 2.05) is 16.8 Å². The van der Waals surface area contributed by atoms with Gasteiger partial charge >= 0.3 is 5.97 Å². The number of carbonyl (C=O) groups excluding carboxylic acids is 1. The minimum absolute atomic E-state index is 0.0508. The lowest BCUT2D eigenvalue weighted by Gasteiger charge is -2.29. The van der Waals surface area contributed by atoms with Crippen LogP contribution in [-0.4, -0.2) is 46.0 Å². The molecule has 148 valence electrons. The minimum Gasteiger partial charge on any atom is -0.465 e. The van der Waals surface area contributed by atoms with Crippen molar-refractivity contribution in [2.24, 2.45) is 0 Å². The number of nitrogens with zero attached hydrogens (tertiary/aromatic N) is 1. The van der Waals surface area contributed by atoms with Crippen molar-refractivity contribution in [2.75, 3.05) is 26.7 Å². The van der Waals surface area contributed by atoms with Gasteiger partial charge < -0.3 is 4.74 Å². The SMILES string of the molecule is CCN(CC)C(CNS(=O)(=O)c1cc(C(=O)OC)ccc1C)c1ccsc1. The zero-order chi connectivity index (χ0) is 20.0. The first-order chi connectivity index (χ1) is 12.8. The number of esters is 1. The highest BCUT2D eigenvalue weighted by Crippen LogP contribution is 2.24. The van der Waals surface area contributed by atoms with Gasteiger partial charge in [-0.1, -0.05) is 19.9 Å². The van der Waals surface area contributed by atoms with Crippen LogP contribution in [0.2, 0.25) is 0 Å². The summed E-state index contributed by atoms with van der Waals surface area (Å²) in [6, 6.07) is 6.50. The van der Waals surface area contributed by atoms with Crippen LogP contribution < -0.4 is 4.72 Å². The number of hydrogen-bond acceptors (Lipinski definition) is 6. The number of methoxy groups -OCH3 is 1. The number of sulfonamides is 1. The first-order valence-corrected chi connectivity index (χ1v) is 11.2. The molecule has 2 aromatic rings. The van der Waals surface area contributed by atoms with Crippen molar-refractivity contribution in [3.05, 3.63) is 51.7 Å². The highest BCUT2D eigenvalue weighted by molar-refractivity contribution is 7.89. The second-order valence-electron chi connectivity index (χ2n) is 6.12. The Hall–Kier alpha value is -1.74. The lowest BCUT2D eigenvalue weighted by molar-refractivity contribution is 0.0600. The molecule has 0 amide bonds. The molecule has 0 spiro atoms. The number of aryl methyl sites for hydroxylation is 1. The van der Waals surface area contributed by atoms with Gasteiger partial charge in [-0.25, -0.2) is 17.9 Å². The molecule has 8 heteroatoms. The number of carbonyl (C=O) groups is 1. The molecular formula is C19H26N2O4S2. The van der Waals surface area contributed by atoms with Gasteiger partial charge in [-0.05, 0) is 60.1 Å². The van der Waals surface area contributed by atoms with E-state index in [4.69, 9.17) is 4.74 Å². The topological polar surface area (TPSA) is 75.7 Å². The average molecular weight is 411 g/mol. The Labute approximate surface area is 165 Å². The zero-order valence-corrected chi connectivity index (χ0v) is 17.7. The predicted octanol–water partition coefficient (Wildman–Crippen LogP) is 3.20. The molecule has 0 aliphatic carbocycles.